The third-order valence-corrected chi connectivity index (χ3v) is 2.28. The predicted molar refractivity (Wildman–Crippen MR) is 61.5 cm³/mol. The van der Waals surface area contributed by atoms with E-state index in [9.17, 15) is 0 Å². The van der Waals surface area contributed by atoms with Crippen molar-refractivity contribution < 1.29 is 0 Å². The largest absolute Gasteiger partial charge is 0.293 e. The lowest BCUT2D eigenvalue weighted by atomic mass is 10.2. The molecule has 0 saturated heterocycles. The molecule has 0 bridgehead atoms. The number of hydrogen-bond acceptors (Lipinski definition) is 1. The summed E-state index contributed by atoms with van der Waals surface area (Å²) in [6.07, 6.45) is 4.31. The minimum atomic E-state index is 0.937. The number of halogens is 1. The van der Waals surface area contributed by atoms with E-state index in [2.05, 4.69) is 40.0 Å². The van der Waals surface area contributed by atoms with E-state index in [-0.39, 0.29) is 0 Å². The van der Waals surface area contributed by atoms with Crippen LogP contribution in [0.15, 0.2) is 33.7 Å². The third kappa shape index (κ3) is 4.23. The van der Waals surface area contributed by atoms with Gasteiger partial charge < -0.3 is 0 Å². The van der Waals surface area contributed by atoms with Gasteiger partial charge in [-0.1, -0.05) is 41.4 Å². The Labute approximate surface area is 88.0 Å². The SMILES string of the molecule is CCCCN=Cc1ccc(Br)cc1. The lowest BCUT2D eigenvalue weighted by molar-refractivity contribution is 0.810. The maximum atomic E-state index is 4.32. The van der Waals surface area contributed by atoms with Gasteiger partial charge in [0.15, 0.2) is 0 Å². The Hall–Kier alpha value is -0.630. The molecule has 0 N–H and O–H groups in total. The fraction of sp³-hybridized carbons (Fsp3) is 0.364. The summed E-state index contributed by atoms with van der Waals surface area (Å²) >= 11 is 3.39. The van der Waals surface area contributed by atoms with Crippen molar-refractivity contribution in [2.75, 3.05) is 6.54 Å². The number of nitrogens with zero attached hydrogens (tertiary/aromatic N) is 1. The Morgan fingerprint density at radius 2 is 2.00 bits per heavy atom. The van der Waals surface area contributed by atoms with Crippen LogP contribution in [0, 0.1) is 0 Å². The van der Waals surface area contributed by atoms with E-state index >= 15 is 0 Å². The molecule has 1 nitrogen and oxygen atoms in total. The molecule has 0 unspecified atom stereocenters. The van der Waals surface area contributed by atoms with Crippen LogP contribution < -0.4 is 0 Å². The normalized spacial score (nSPS) is 10.9. The van der Waals surface area contributed by atoms with Gasteiger partial charge in [-0.3, -0.25) is 4.99 Å². The highest BCUT2D eigenvalue weighted by molar-refractivity contribution is 9.10. The number of hydrogen-bond donors (Lipinski definition) is 0. The average Bonchev–Trinajstić information content (AvgIpc) is 2.15. The van der Waals surface area contributed by atoms with Crippen LogP contribution in [0.25, 0.3) is 0 Å². The minimum Gasteiger partial charge on any atom is -0.293 e. The molecule has 0 heterocycles. The van der Waals surface area contributed by atoms with Gasteiger partial charge in [-0.15, -0.1) is 0 Å². The molecule has 1 aromatic rings. The first kappa shape index (κ1) is 10.5. The van der Waals surface area contributed by atoms with Crippen molar-refractivity contribution in [1.82, 2.24) is 0 Å². The van der Waals surface area contributed by atoms with E-state index in [0.29, 0.717) is 0 Å². The first-order valence-electron chi connectivity index (χ1n) is 4.58. The van der Waals surface area contributed by atoms with E-state index in [1.807, 2.05) is 18.3 Å². The molecule has 0 aromatic heterocycles. The van der Waals surface area contributed by atoms with Crippen molar-refractivity contribution in [1.29, 1.82) is 0 Å². The van der Waals surface area contributed by atoms with Crippen LogP contribution in [-0.4, -0.2) is 12.8 Å². The number of benzene rings is 1. The van der Waals surface area contributed by atoms with Crippen LogP contribution in [0.3, 0.4) is 0 Å². The van der Waals surface area contributed by atoms with Crippen molar-refractivity contribution >= 4 is 22.1 Å². The second kappa shape index (κ2) is 5.92. The lowest BCUT2D eigenvalue weighted by Gasteiger charge is -1.93. The Balaban J connectivity index is 2.44. The summed E-state index contributed by atoms with van der Waals surface area (Å²) in [5.74, 6) is 0. The van der Waals surface area contributed by atoms with E-state index in [1.54, 1.807) is 0 Å². The highest BCUT2D eigenvalue weighted by Gasteiger charge is 1.87. The van der Waals surface area contributed by atoms with Crippen molar-refractivity contribution in [2.45, 2.75) is 19.8 Å². The molecule has 0 atom stereocenters. The molecule has 1 rings (SSSR count). The highest BCUT2D eigenvalue weighted by atomic mass is 79.9. The summed E-state index contributed by atoms with van der Waals surface area (Å²) in [5.41, 5.74) is 1.17. The monoisotopic (exact) mass is 239 g/mol. The maximum absolute atomic E-state index is 4.32. The Bertz CT molecular complexity index is 264. The highest BCUT2D eigenvalue weighted by Crippen LogP contribution is 2.08. The fourth-order valence-corrected chi connectivity index (χ4v) is 1.23. The fourth-order valence-electron chi connectivity index (χ4n) is 0.968. The first-order chi connectivity index (χ1) is 6.33. The Morgan fingerprint density at radius 1 is 1.31 bits per heavy atom. The number of unbranched alkanes of at least 4 members (excludes halogenated alkanes) is 1. The molecule has 0 radical (unpaired) electrons. The average molecular weight is 240 g/mol. The first-order valence-corrected chi connectivity index (χ1v) is 5.37. The van der Waals surface area contributed by atoms with Gasteiger partial charge in [-0.05, 0) is 24.1 Å². The molecule has 2 heteroatoms. The zero-order valence-electron chi connectivity index (χ0n) is 7.83. The molecule has 0 aliphatic heterocycles. The smallest absolute Gasteiger partial charge is 0.0389 e. The van der Waals surface area contributed by atoms with Gasteiger partial charge in [-0.2, -0.15) is 0 Å². The van der Waals surface area contributed by atoms with Crippen molar-refractivity contribution in [3.63, 3.8) is 0 Å². The molecule has 0 aliphatic rings. The van der Waals surface area contributed by atoms with Crippen LogP contribution >= 0.6 is 15.9 Å². The predicted octanol–water partition coefficient (Wildman–Crippen LogP) is 3.67. The van der Waals surface area contributed by atoms with Crippen molar-refractivity contribution in [3.05, 3.63) is 34.3 Å². The summed E-state index contributed by atoms with van der Waals surface area (Å²) in [4.78, 5) is 4.32. The van der Waals surface area contributed by atoms with Crippen LogP contribution in [0.2, 0.25) is 0 Å². The summed E-state index contributed by atoms with van der Waals surface area (Å²) < 4.78 is 1.11. The van der Waals surface area contributed by atoms with Crippen LogP contribution in [-0.2, 0) is 0 Å². The van der Waals surface area contributed by atoms with Gasteiger partial charge >= 0.3 is 0 Å². The van der Waals surface area contributed by atoms with Crippen LogP contribution in [0.1, 0.15) is 25.3 Å². The Kier molecular flexibility index (Phi) is 4.76. The number of rotatable bonds is 4. The summed E-state index contributed by atoms with van der Waals surface area (Å²) in [7, 11) is 0. The Morgan fingerprint density at radius 3 is 2.62 bits per heavy atom. The third-order valence-electron chi connectivity index (χ3n) is 1.75. The summed E-state index contributed by atoms with van der Waals surface area (Å²) in [6, 6.07) is 8.17. The van der Waals surface area contributed by atoms with E-state index in [0.717, 1.165) is 11.0 Å². The molecular weight excluding hydrogens is 226 g/mol. The molecule has 0 aliphatic carbocycles. The summed E-state index contributed by atoms with van der Waals surface area (Å²) in [5, 5.41) is 0. The molecule has 0 amide bonds. The molecule has 0 spiro atoms. The van der Waals surface area contributed by atoms with Crippen molar-refractivity contribution in [3.8, 4) is 0 Å². The van der Waals surface area contributed by atoms with E-state index < -0.39 is 0 Å². The van der Waals surface area contributed by atoms with Gasteiger partial charge in [-0.25, -0.2) is 0 Å². The van der Waals surface area contributed by atoms with Crippen LogP contribution in [0.5, 0.6) is 0 Å². The molecule has 70 valence electrons. The van der Waals surface area contributed by atoms with Gasteiger partial charge in [0.25, 0.3) is 0 Å². The quantitative estimate of drug-likeness (QED) is 0.562. The molecular formula is C11H14BrN. The topological polar surface area (TPSA) is 12.4 Å². The zero-order chi connectivity index (χ0) is 9.52. The molecule has 1 aromatic carbocycles. The van der Waals surface area contributed by atoms with Crippen LogP contribution in [0.4, 0.5) is 0 Å². The second-order valence-corrected chi connectivity index (χ2v) is 3.86. The van der Waals surface area contributed by atoms with Crippen molar-refractivity contribution in [2.24, 2.45) is 4.99 Å². The second-order valence-electron chi connectivity index (χ2n) is 2.94. The molecule has 0 saturated carbocycles. The van der Waals surface area contributed by atoms with Gasteiger partial charge in [0.05, 0.1) is 0 Å². The summed E-state index contributed by atoms with van der Waals surface area (Å²) in [6.45, 7) is 3.11. The zero-order valence-corrected chi connectivity index (χ0v) is 9.42. The molecule has 0 fully saturated rings. The number of aliphatic imine (C=N–C) groups is 1. The van der Waals surface area contributed by atoms with E-state index in [1.165, 1.54) is 18.4 Å². The maximum Gasteiger partial charge on any atom is 0.0389 e. The molecule has 13 heavy (non-hydrogen) atoms. The lowest BCUT2D eigenvalue weighted by Crippen LogP contribution is -1.83. The standard InChI is InChI=1S/C11H14BrN/c1-2-3-8-13-9-10-4-6-11(12)7-5-10/h4-7,9H,2-3,8H2,1H3. The van der Waals surface area contributed by atoms with Gasteiger partial charge in [0, 0.05) is 17.2 Å². The van der Waals surface area contributed by atoms with Gasteiger partial charge in [0.1, 0.15) is 0 Å². The van der Waals surface area contributed by atoms with E-state index in [4.69, 9.17) is 0 Å². The minimum absolute atomic E-state index is 0.937. The van der Waals surface area contributed by atoms with Gasteiger partial charge in [0.2, 0.25) is 0 Å².